The molecule has 2 aliphatic heterocycles. The number of hydrogen-bond donors (Lipinski definition) is 2. The molecule has 2 N–H and O–H groups in total. The molecule has 0 saturated carbocycles. The van der Waals surface area contributed by atoms with Gasteiger partial charge >= 0.3 is 8.60 Å². The smallest absolute Gasteiger partial charge is 0.332 e. The van der Waals surface area contributed by atoms with E-state index in [0.717, 1.165) is 57.3 Å². The van der Waals surface area contributed by atoms with Crippen molar-refractivity contribution in [3.63, 3.8) is 0 Å². The van der Waals surface area contributed by atoms with Crippen LogP contribution in [0.2, 0.25) is 0 Å². The molecule has 4 aromatic rings. The summed E-state index contributed by atoms with van der Waals surface area (Å²) in [6.45, 7) is 0.766. The third-order valence-corrected chi connectivity index (χ3v) is 9.16. The van der Waals surface area contributed by atoms with Crippen molar-refractivity contribution in [2.75, 3.05) is 12.8 Å². The van der Waals surface area contributed by atoms with Crippen LogP contribution in [-0.2, 0) is 57.5 Å². The van der Waals surface area contributed by atoms with Gasteiger partial charge in [0.15, 0.2) is 19.6 Å². The van der Waals surface area contributed by atoms with E-state index in [-0.39, 0.29) is 32.7 Å². The van der Waals surface area contributed by atoms with Crippen LogP contribution in [0.3, 0.4) is 0 Å². The number of hydrogen-bond acceptors (Lipinski definition) is 5. The van der Waals surface area contributed by atoms with Gasteiger partial charge in [-0.15, -0.1) is 0 Å². The molecule has 0 bridgehead atoms. The largest absolute Gasteiger partial charge is 0.350 e. The van der Waals surface area contributed by atoms with Gasteiger partial charge in [0.2, 0.25) is 0 Å². The van der Waals surface area contributed by atoms with E-state index in [0.29, 0.717) is 0 Å². The fourth-order valence-corrected chi connectivity index (χ4v) is 7.40. The van der Waals surface area contributed by atoms with Gasteiger partial charge in [-0.25, -0.2) is 0 Å². The second-order valence-electron chi connectivity index (χ2n) is 8.87. The van der Waals surface area contributed by atoms with Crippen molar-refractivity contribution in [3.8, 4) is 22.3 Å². The molecule has 0 aromatic heterocycles. The predicted molar refractivity (Wildman–Crippen MR) is 137 cm³/mol. The number of benzene rings is 4. The zero-order chi connectivity index (χ0) is 23.6. The first-order valence-electron chi connectivity index (χ1n) is 11.5. The summed E-state index contributed by atoms with van der Waals surface area (Å²) in [5, 5.41) is 0. The second-order valence-corrected chi connectivity index (χ2v) is 11.1. The minimum Gasteiger partial charge on any atom is -0.350 e. The van der Waals surface area contributed by atoms with Crippen LogP contribution in [-0.4, -0.2) is 22.6 Å². The molecule has 4 aliphatic rings. The van der Waals surface area contributed by atoms with Gasteiger partial charge in [-0.2, -0.15) is 0 Å². The summed E-state index contributed by atoms with van der Waals surface area (Å²) in [4.78, 5) is 19.2. The van der Waals surface area contributed by atoms with Crippen molar-refractivity contribution in [2.24, 2.45) is 0 Å². The minimum absolute atomic E-state index is 0. The number of rotatable bonds is 0. The molecular weight excluding hydrogens is 567 g/mol. The van der Waals surface area contributed by atoms with Gasteiger partial charge < -0.3 is 14.3 Å². The summed E-state index contributed by atoms with van der Waals surface area (Å²) in [6.07, 6.45) is 0.884. The van der Waals surface area contributed by atoms with Crippen LogP contribution < -0.4 is 0 Å². The monoisotopic (exact) mass is 589 g/mol. The SMILES string of the molecule is OP1CCO1.OP1OC2(c3ccccc3-c3ccccc32)C2(O1)c1ccccc1-c1ccccc12.[Y]. The van der Waals surface area contributed by atoms with Gasteiger partial charge in [0.25, 0.3) is 0 Å². The molecule has 2 saturated heterocycles. The summed E-state index contributed by atoms with van der Waals surface area (Å²) in [5.41, 5.74) is 6.76. The molecule has 2 aliphatic carbocycles. The molecule has 0 amide bonds. The average molecular weight is 589 g/mol. The Labute approximate surface area is 237 Å². The standard InChI is InChI=1S/C26H17O3P.C2H5O2P.Y/c27-30-28-25(21-13-5-1-9-17(21)18-10-2-6-14-22(18)25)26(29-30)23-15-7-3-11-19(23)20-12-4-8-16-24(20)26;3-5-2-1-4-5;/h1-16,27H;3H,1-2H2;. The van der Waals surface area contributed by atoms with Crippen LogP contribution in [0.5, 0.6) is 0 Å². The summed E-state index contributed by atoms with van der Waals surface area (Å²) < 4.78 is 17.6. The summed E-state index contributed by atoms with van der Waals surface area (Å²) in [6, 6.07) is 33.3. The fourth-order valence-electron chi connectivity index (χ4n) is 5.90. The molecule has 5 nitrogen and oxygen atoms in total. The van der Waals surface area contributed by atoms with Gasteiger partial charge in [0.05, 0.1) is 6.61 Å². The van der Waals surface area contributed by atoms with Gasteiger partial charge in [-0.05, 0) is 22.3 Å². The Morgan fingerprint density at radius 3 is 1.08 bits per heavy atom. The van der Waals surface area contributed by atoms with Crippen LogP contribution in [0.1, 0.15) is 22.3 Å². The molecule has 2 fully saturated rings. The molecule has 2 spiro atoms. The Balaban J connectivity index is 0.000000361. The molecule has 4 aromatic carbocycles. The maximum Gasteiger partial charge on any atom is 0.332 e. The Kier molecular flexibility index (Phi) is 6.54. The van der Waals surface area contributed by atoms with Gasteiger partial charge in [0.1, 0.15) is 0 Å². The molecular formula is C28H22O5P2Y. The first kappa shape index (κ1) is 25.0. The average Bonchev–Trinajstić information content (AvgIpc) is 3.47. The quantitative estimate of drug-likeness (QED) is 0.232. The first-order valence-corrected chi connectivity index (χ1v) is 14.0. The van der Waals surface area contributed by atoms with E-state index < -0.39 is 28.2 Å². The molecule has 2 heterocycles. The van der Waals surface area contributed by atoms with Gasteiger partial charge in [-0.3, -0.25) is 9.05 Å². The zero-order valence-electron chi connectivity index (χ0n) is 19.2. The van der Waals surface area contributed by atoms with Crippen LogP contribution >= 0.6 is 17.0 Å². The van der Waals surface area contributed by atoms with E-state index in [4.69, 9.17) is 13.9 Å². The van der Waals surface area contributed by atoms with E-state index >= 15 is 0 Å². The molecule has 177 valence electrons. The normalized spacial score (nSPS) is 20.9. The topological polar surface area (TPSA) is 68.2 Å². The summed E-state index contributed by atoms with van der Waals surface area (Å²) in [5.74, 6) is 0. The third kappa shape index (κ3) is 3.29. The Bertz CT molecular complexity index is 1260. The van der Waals surface area contributed by atoms with Gasteiger partial charge in [-0.1, -0.05) is 97.1 Å². The van der Waals surface area contributed by atoms with E-state index in [1.54, 1.807) is 0 Å². The first-order chi connectivity index (χ1) is 17.2. The van der Waals surface area contributed by atoms with E-state index in [9.17, 15) is 4.89 Å². The van der Waals surface area contributed by atoms with E-state index in [2.05, 4.69) is 77.3 Å². The summed E-state index contributed by atoms with van der Waals surface area (Å²) >= 11 is 0. The van der Waals surface area contributed by atoms with Crippen LogP contribution in [0.25, 0.3) is 22.3 Å². The minimum atomic E-state index is -2.08. The van der Waals surface area contributed by atoms with Crippen molar-refractivity contribution < 1.29 is 56.1 Å². The Morgan fingerprint density at radius 1 is 0.556 bits per heavy atom. The van der Waals surface area contributed by atoms with Crippen LogP contribution in [0, 0.1) is 0 Å². The second kappa shape index (κ2) is 9.43. The van der Waals surface area contributed by atoms with E-state index in [1.807, 2.05) is 24.3 Å². The van der Waals surface area contributed by atoms with Crippen molar-refractivity contribution in [2.45, 2.75) is 11.2 Å². The molecule has 36 heavy (non-hydrogen) atoms. The van der Waals surface area contributed by atoms with Crippen molar-refractivity contribution in [3.05, 3.63) is 119 Å². The van der Waals surface area contributed by atoms with E-state index in [1.165, 1.54) is 0 Å². The molecule has 1 atom stereocenters. The van der Waals surface area contributed by atoms with Crippen LogP contribution in [0.15, 0.2) is 97.1 Å². The zero-order valence-corrected chi connectivity index (χ0v) is 23.9. The Hall–Kier alpha value is -1.36. The van der Waals surface area contributed by atoms with Crippen molar-refractivity contribution >= 4 is 17.0 Å². The Morgan fingerprint density at radius 2 is 0.833 bits per heavy atom. The maximum atomic E-state index is 10.9. The molecule has 1 unspecified atom stereocenters. The molecule has 8 heteroatoms. The third-order valence-electron chi connectivity index (χ3n) is 7.25. The van der Waals surface area contributed by atoms with Gasteiger partial charge in [0, 0.05) is 61.1 Å². The number of fused-ring (bicyclic) bond motifs is 11. The maximum absolute atomic E-state index is 10.9. The predicted octanol–water partition coefficient (Wildman–Crippen LogP) is 6.42. The molecule has 8 rings (SSSR count). The molecule has 1 radical (unpaired) electrons. The van der Waals surface area contributed by atoms with Crippen LogP contribution in [0.4, 0.5) is 0 Å². The fraction of sp³-hybridized carbons (Fsp3) is 0.143. The summed E-state index contributed by atoms with van der Waals surface area (Å²) in [7, 11) is -3.00. The van der Waals surface area contributed by atoms with Crippen molar-refractivity contribution in [1.82, 2.24) is 0 Å². The van der Waals surface area contributed by atoms with Crippen molar-refractivity contribution in [1.29, 1.82) is 0 Å².